The number of sulfonamides is 1. The molecule has 0 aromatic heterocycles. The topological polar surface area (TPSA) is 113 Å². The number of benzene rings is 1. The third kappa shape index (κ3) is 4.82. The molecule has 2 fully saturated rings. The van der Waals surface area contributed by atoms with Crippen molar-refractivity contribution in [3.8, 4) is 0 Å². The lowest BCUT2D eigenvalue weighted by molar-refractivity contribution is -0.126. The zero-order valence-corrected chi connectivity index (χ0v) is 17.0. The second-order valence-electron chi connectivity index (χ2n) is 7.59. The van der Waals surface area contributed by atoms with Gasteiger partial charge in [-0.25, -0.2) is 18.4 Å². The minimum absolute atomic E-state index is 0.0276. The number of carbonyl (C=O) groups is 2. The second kappa shape index (κ2) is 8.48. The van der Waals surface area contributed by atoms with Crippen LogP contribution in [0.3, 0.4) is 0 Å². The molecule has 0 spiro atoms. The van der Waals surface area contributed by atoms with Crippen molar-refractivity contribution in [2.75, 3.05) is 26.2 Å². The first-order chi connectivity index (χ1) is 13.3. The predicted molar refractivity (Wildman–Crippen MR) is 105 cm³/mol. The first-order valence-corrected chi connectivity index (χ1v) is 11.3. The molecular formula is C19H28N4O4S. The highest BCUT2D eigenvalue weighted by Gasteiger charge is 2.31. The van der Waals surface area contributed by atoms with E-state index < -0.39 is 10.0 Å². The zero-order valence-electron chi connectivity index (χ0n) is 16.1. The van der Waals surface area contributed by atoms with E-state index in [-0.39, 0.29) is 28.8 Å². The minimum Gasteiger partial charge on any atom is -0.349 e. The van der Waals surface area contributed by atoms with E-state index in [1.807, 2.05) is 16.7 Å². The van der Waals surface area contributed by atoms with Crippen LogP contribution in [0.2, 0.25) is 0 Å². The fraction of sp³-hybridized carbons (Fsp3) is 0.579. The standard InChI is InChI=1S/C19H28N4O4S/c1-14(16-5-4-6-17(13-16)28(20,26)27)21-18(24)15-7-11-23(12-8-15)19(25)22-9-2-3-10-22/h4-6,13-15H,2-3,7-12H2,1H3,(H,21,24)(H2,20,26,27). The molecule has 28 heavy (non-hydrogen) atoms. The SMILES string of the molecule is CC(NC(=O)C1CCN(C(=O)N2CCCC2)CC1)c1cccc(S(N)(=O)=O)c1. The van der Waals surface area contributed by atoms with Gasteiger partial charge >= 0.3 is 6.03 Å². The first-order valence-electron chi connectivity index (χ1n) is 9.72. The quantitative estimate of drug-likeness (QED) is 0.785. The van der Waals surface area contributed by atoms with Gasteiger partial charge < -0.3 is 15.1 Å². The van der Waals surface area contributed by atoms with Crippen molar-refractivity contribution in [1.82, 2.24) is 15.1 Å². The van der Waals surface area contributed by atoms with Crippen LogP contribution in [0.4, 0.5) is 4.79 Å². The number of nitrogens with two attached hydrogens (primary N) is 1. The summed E-state index contributed by atoms with van der Waals surface area (Å²) in [5, 5.41) is 8.13. The number of hydrogen-bond donors (Lipinski definition) is 2. The molecule has 3 rings (SSSR count). The van der Waals surface area contributed by atoms with Gasteiger partial charge in [-0.15, -0.1) is 0 Å². The smallest absolute Gasteiger partial charge is 0.319 e. The van der Waals surface area contributed by atoms with E-state index in [4.69, 9.17) is 5.14 Å². The zero-order chi connectivity index (χ0) is 20.3. The molecule has 3 N–H and O–H groups in total. The van der Waals surface area contributed by atoms with Crippen LogP contribution in [0.15, 0.2) is 29.2 Å². The van der Waals surface area contributed by atoms with Crippen LogP contribution >= 0.6 is 0 Å². The summed E-state index contributed by atoms with van der Waals surface area (Å²) in [5.41, 5.74) is 0.682. The molecule has 8 nitrogen and oxygen atoms in total. The van der Waals surface area contributed by atoms with Crippen molar-refractivity contribution < 1.29 is 18.0 Å². The lowest BCUT2D eigenvalue weighted by atomic mass is 9.95. The number of likely N-dealkylation sites (tertiary alicyclic amines) is 2. The molecule has 0 bridgehead atoms. The van der Waals surface area contributed by atoms with Crippen molar-refractivity contribution in [1.29, 1.82) is 0 Å². The number of nitrogens with zero attached hydrogens (tertiary/aromatic N) is 2. The highest BCUT2D eigenvalue weighted by atomic mass is 32.2. The molecule has 0 radical (unpaired) electrons. The van der Waals surface area contributed by atoms with Gasteiger partial charge in [-0.05, 0) is 50.3 Å². The van der Waals surface area contributed by atoms with Gasteiger partial charge in [0.05, 0.1) is 10.9 Å². The number of primary sulfonamides is 1. The lowest BCUT2D eigenvalue weighted by Crippen LogP contribution is -2.47. The van der Waals surface area contributed by atoms with E-state index in [2.05, 4.69) is 5.32 Å². The van der Waals surface area contributed by atoms with E-state index in [1.54, 1.807) is 12.1 Å². The Hall–Kier alpha value is -2.13. The number of piperidine rings is 1. The molecule has 9 heteroatoms. The molecular weight excluding hydrogens is 380 g/mol. The Morgan fingerprint density at radius 3 is 2.32 bits per heavy atom. The Balaban J connectivity index is 1.53. The van der Waals surface area contributed by atoms with Crippen LogP contribution in [0.25, 0.3) is 0 Å². The summed E-state index contributed by atoms with van der Waals surface area (Å²) in [6, 6.07) is 6.04. The number of rotatable bonds is 4. The Labute approximate surface area is 166 Å². The van der Waals surface area contributed by atoms with Gasteiger partial charge in [-0.1, -0.05) is 12.1 Å². The third-order valence-electron chi connectivity index (χ3n) is 5.56. The molecule has 0 saturated carbocycles. The third-order valence-corrected chi connectivity index (χ3v) is 6.47. The van der Waals surface area contributed by atoms with Crippen molar-refractivity contribution in [2.24, 2.45) is 11.1 Å². The van der Waals surface area contributed by atoms with Crippen LogP contribution in [-0.4, -0.2) is 56.3 Å². The van der Waals surface area contributed by atoms with Gasteiger partial charge in [0.15, 0.2) is 0 Å². The fourth-order valence-electron chi connectivity index (χ4n) is 3.82. The molecule has 2 saturated heterocycles. The van der Waals surface area contributed by atoms with E-state index in [9.17, 15) is 18.0 Å². The summed E-state index contributed by atoms with van der Waals surface area (Å²) in [7, 11) is -3.78. The van der Waals surface area contributed by atoms with Gasteiger partial charge in [0.25, 0.3) is 0 Å². The fourth-order valence-corrected chi connectivity index (χ4v) is 4.39. The maximum absolute atomic E-state index is 12.6. The van der Waals surface area contributed by atoms with Crippen LogP contribution in [-0.2, 0) is 14.8 Å². The number of nitrogens with one attached hydrogen (secondary N) is 1. The Kier molecular flexibility index (Phi) is 6.24. The Morgan fingerprint density at radius 2 is 1.71 bits per heavy atom. The van der Waals surface area contributed by atoms with Crippen LogP contribution < -0.4 is 10.5 Å². The van der Waals surface area contributed by atoms with Gasteiger partial charge in [-0.2, -0.15) is 0 Å². The summed E-state index contributed by atoms with van der Waals surface area (Å²) in [5.74, 6) is -0.215. The number of hydrogen-bond acceptors (Lipinski definition) is 4. The van der Waals surface area contributed by atoms with Crippen molar-refractivity contribution >= 4 is 22.0 Å². The average Bonchev–Trinajstić information content (AvgIpc) is 3.21. The van der Waals surface area contributed by atoms with Gasteiger partial charge in [0.1, 0.15) is 0 Å². The molecule has 1 aromatic rings. The molecule has 1 aromatic carbocycles. The minimum atomic E-state index is -3.78. The molecule has 2 aliphatic rings. The van der Waals surface area contributed by atoms with Crippen molar-refractivity contribution in [2.45, 2.75) is 43.5 Å². The molecule has 3 amide bonds. The molecule has 154 valence electrons. The van der Waals surface area contributed by atoms with Crippen LogP contribution in [0.5, 0.6) is 0 Å². The largest absolute Gasteiger partial charge is 0.349 e. The van der Waals surface area contributed by atoms with E-state index >= 15 is 0 Å². The molecule has 1 unspecified atom stereocenters. The Morgan fingerprint density at radius 1 is 1.11 bits per heavy atom. The van der Waals surface area contributed by atoms with Crippen LogP contribution in [0.1, 0.15) is 44.2 Å². The van der Waals surface area contributed by atoms with Crippen LogP contribution in [0, 0.1) is 5.92 Å². The average molecular weight is 409 g/mol. The number of carbonyl (C=O) groups excluding carboxylic acids is 2. The first kappa shape index (κ1) is 20.6. The summed E-state index contributed by atoms with van der Waals surface area (Å²) < 4.78 is 23.0. The monoisotopic (exact) mass is 408 g/mol. The summed E-state index contributed by atoms with van der Waals surface area (Å²) in [6.45, 7) is 4.64. The van der Waals surface area contributed by atoms with Gasteiger partial charge in [0, 0.05) is 32.1 Å². The summed E-state index contributed by atoms with van der Waals surface area (Å²) >= 11 is 0. The second-order valence-corrected chi connectivity index (χ2v) is 9.15. The number of urea groups is 1. The maximum Gasteiger partial charge on any atom is 0.319 e. The maximum atomic E-state index is 12.6. The van der Waals surface area contributed by atoms with E-state index in [0.29, 0.717) is 31.5 Å². The van der Waals surface area contributed by atoms with E-state index in [1.165, 1.54) is 12.1 Å². The summed E-state index contributed by atoms with van der Waals surface area (Å²) in [6.07, 6.45) is 3.40. The highest BCUT2D eigenvalue weighted by Crippen LogP contribution is 2.22. The predicted octanol–water partition coefficient (Wildman–Crippen LogP) is 1.44. The van der Waals surface area contributed by atoms with Gasteiger partial charge in [-0.3, -0.25) is 4.79 Å². The normalized spacial score (nSPS) is 19.5. The van der Waals surface area contributed by atoms with Gasteiger partial charge in [0.2, 0.25) is 15.9 Å². The van der Waals surface area contributed by atoms with Crippen molar-refractivity contribution in [3.05, 3.63) is 29.8 Å². The Bertz CT molecular complexity index is 828. The molecule has 2 aliphatic heterocycles. The molecule has 1 atom stereocenters. The van der Waals surface area contributed by atoms with E-state index in [0.717, 1.165) is 25.9 Å². The number of amides is 3. The van der Waals surface area contributed by atoms with Crippen molar-refractivity contribution in [3.63, 3.8) is 0 Å². The lowest BCUT2D eigenvalue weighted by Gasteiger charge is -2.34. The highest BCUT2D eigenvalue weighted by molar-refractivity contribution is 7.89. The summed E-state index contributed by atoms with van der Waals surface area (Å²) in [4.78, 5) is 28.8. The molecule has 2 heterocycles. The molecule has 0 aliphatic carbocycles.